The summed E-state index contributed by atoms with van der Waals surface area (Å²) >= 11 is 0. The molecule has 4 saturated heterocycles. The number of hydrogen-bond acceptors (Lipinski definition) is 8. The van der Waals surface area contributed by atoms with Crippen LogP contribution in [0.15, 0.2) is 0 Å². The summed E-state index contributed by atoms with van der Waals surface area (Å²) in [6.45, 7) is 1.49. The molecule has 86 valence electrons. The first kappa shape index (κ1) is 10.1. The molecule has 4 aliphatic heterocycles. The second kappa shape index (κ2) is 2.44. The predicted molar refractivity (Wildman–Crippen MR) is 43.1 cm³/mol. The third kappa shape index (κ3) is 0.943. The van der Waals surface area contributed by atoms with Crippen LogP contribution in [0.25, 0.3) is 0 Å². The molecular weight excluding hydrogens is 229 g/mol. The molecule has 4 N–H and O–H groups in total. The van der Waals surface area contributed by atoms with Crippen molar-refractivity contribution in [2.24, 2.45) is 5.73 Å². The molecule has 0 radical (unpaired) electrons. The lowest BCUT2D eigenvalue weighted by atomic mass is 9.93. The van der Waals surface area contributed by atoms with Gasteiger partial charge in [0.2, 0.25) is 0 Å². The lowest BCUT2D eigenvalue weighted by Gasteiger charge is -2.48. The van der Waals surface area contributed by atoms with Crippen molar-refractivity contribution in [1.82, 2.24) is 0 Å². The summed E-state index contributed by atoms with van der Waals surface area (Å²) in [5.41, 5.74) is 5.63. The highest BCUT2D eigenvalue weighted by Gasteiger charge is 2.86. The predicted octanol–water partition coefficient (Wildman–Crippen LogP) is -1.38. The number of aliphatic hydroxyl groups excluding tert-OH is 1. The summed E-state index contributed by atoms with van der Waals surface area (Å²) in [7, 11) is -3.74. The number of phosphoric acid groups is 1. The Morgan fingerprint density at radius 3 is 2.60 bits per heavy atom. The second-order valence-corrected chi connectivity index (χ2v) is 5.25. The Balaban J connectivity index is 2.05. The van der Waals surface area contributed by atoms with Gasteiger partial charge >= 0.3 is 13.8 Å². The van der Waals surface area contributed by atoms with Crippen LogP contribution in [0.1, 0.15) is 6.92 Å². The Kier molecular flexibility index (Phi) is 1.65. The zero-order chi connectivity index (χ0) is 11.1. The SMILES string of the molecule is C[C@@H]1OC2(O)OP3(=O)OC2(O3)[C@@H](N)[C@H]1O. The van der Waals surface area contributed by atoms with Gasteiger partial charge in [0.1, 0.15) is 6.10 Å². The molecule has 4 fully saturated rings. The summed E-state index contributed by atoms with van der Waals surface area (Å²) in [4.78, 5) is 0. The molecule has 1 spiro atoms. The van der Waals surface area contributed by atoms with Crippen molar-refractivity contribution in [3.63, 3.8) is 0 Å². The van der Waals surface area contributed by atoms with Crippen molar-refractivity contribution in [3.8, 4) is 0 Å². The molecule has 4 rings (SSSR count). The van der Waals surface area contributed by atoms with E-state index in [1.165, 1.54) is 6.92 Å². The molecule has 0 aromatic rings. The number of rotatable bonds is 0. The van der Waals surface area contributed by atoms with Crippen molar-refractivity contribution < 1.29 is 33.1 Å². The van der Waals surface area contributed by atoms with E-state index in [0.717, 1.165) is 0 Å². The van der Waals surface area contributed by atoms with Crippen LogP contribution in [-0.4, -0.2) is 40.2 Å². The number of ether oxygens (including phenoxy) is 1. The van der Waals surface area contributed by atoms with Crippen LogP contribution in [0.3, 0.4) is 0 Å². The monoisotopic (exact) mass is 239 g/mol. The molecule has 1 unspecified atom stereocenters. The van der Waals surface area contributed by atoms with Crippen LogP contribution in [0.4, 0.5) is 0 Å². The van der Waals surface area contributed by atoms with Crippen molar-refractivity contribution >= 4 is 7.82 Å². The maximum absolute atomic E-state index is 11.4. The lowest BCUT2D eigenvalue weighted by Crippen LogP contribution is -2.74. The summed E-state index contributed by atoms with van der Waals surface area (Å²) in [6, 6.07) is -1.10. The average molecular weight is 239 g/mol. The Morgan fingerprint density at radius 1 is 1.40 bits per heavy atom. The van der Waals surface area contributed by atoms with Crippen LogP contribution in [0.2, 0.25) is 0 Å². The molecule has 0 aromatic carbocycles. The van der Waals surface area contributed by atoms with Gasteiger partial charge in [-0.3, -0.25) is 0 Å². The Labute approximate surface area is 84.5 Å². The van der Waals surface area contributed by atoms with E-state index in [-0.39, 0.29) is 0 Å². The Morgan fingerprint density at radius 2 is 2.00 bits per heavy atom. The summed E-state index contributed by atoms with van der Waals surface area (Å²) < 4.78 is 30.6. The molecule has 4 heterocycles. The minimum atomic E-state index is -3.74. The van der Waals surface area contributed by atoms with Crippen molar-refractivity contribution in [3.05, 3.63) is 0 Å². The zero-order valence-corrected chi connectivity index (χ0v) is 8.59. The van der Waals surface area contributed by atoms with Gasteiger partial charge in [0, 0.05) is 0 Å². The van der Waals surface area contributed by atoms with Crippen LogP contribution in [0.5, 0.6) is 0 Å². The van der Waals surface area contributed by atoms with E-state index in [0.29, 0.717) is 0 Å². The van der Waals surface area contributed by atoms with Gasteiger partial charge in [-0.25, -0.2) is 18.1 Å². The van der Waals surface area contributed by atoms with Gasteiger partial charge in [-0.2, -0.15) is 0 Å². The van der Waals surface area contributed by atoms with Gasteiger partial charge in [-0.05, 0) is 6.92 Å². The molecule has 0 amide bonds. The normalized spacial score (nSPS) is 67.3. The molecule has 0 aliphatic carbocycles. The number of nitrogens with two attached hydrogens (primary N) is 1. The molecule has 8 nitrogen and oxygen atoms in total. The maximum atomic E-state index is 11.4. The van der Waals surface area contributed by atoms with Gasteiger partial charge in [0.05, 0.1) is 12.1 Å². The molecule has 0 saturated carbocycles. The fraction of sp³-hybridized carbons (Fsp3) is 1.00. The van der Waals surface area contributed by atoms with E-state index in [2.05, 4.69) is 4.52 Å². The minimum absolute atomic E-state index is 0.782. The minimum Gasteiger partial charge on any atom is -0.389 e. The van der Waals surface area contributed by atoms with Crippen LogP contribution < -0.4 is 5.73 Å². The lowest BCUT2D eigenvalue weighted by molar-refractivity contribution is -0.443. The first-order valence-electron chi connectivity index (χ1n) is 4.38. The number of aliphatic hydroxyl groups is 2. The van der Waals surface area contributed by atoms with Crippen LogP contribution in [0, 0.1) is 0 Å². The topological polar surface area (TPSA) is 120 Å². The van der Waals surface area contributed by atoms with Crippen molar-refractivity contribution in [2.45, 2.75) is 36.9 Å². The fourth-order valence-corrected chi connectivity index (χ4v) is 3.68. The number of phosphoric ester groups is 1. The Bertz CT molecular complexity index is 364. The number of hydrogen-bond donors (Lipinski definition) is 3. The van der Waals surface area contributed by atoms with E-state index in [9.17, 15) is 14.8 Å². The maximum Gasteiger partial charge on any atom is 0.485 e. The standard InChI is InChI=1S/C6H10NO7P/c1-2-3(8)4(7)5-6(9,11-2)14-15(10,12-5)13-5/h2-4,8-9H,7H2,1H3/t2-,3-,4-,5?,6?,15?/m0/s1. The molecule has 15 heavy (non-hydrogen) atoms. The van der Waals surface area contributed by atoms with E-state index < -0.39 is 37.8 Å². The van der Waals surface area contributed by atoms with Gasteiger partial charge in [-0.1, -0.05) is 0 Å². The van der Waals surface area contributed by atoms with Crippen molar-refractivity contribution in [2.75, 3.05) is 0 Å². The first-order chi connectivity index (χ1) is 6.82. The van der Waals surface area contributed by atoms with Gasteiger partial charge in [0.15, 0.2) is 0 Å². The second-order valence-electron chi connectivity index (χ2n) is 3.81. The highest BCUT2D eigenvalue weighted by Crippen LogP contribution is 2.79. The Hall–Kier alpha value is -0.0500. The summed E-state index contributed by atoms with van der Waals surface area (Å²) in [6.07, 6.45) is -1.89. The zero-order valence-electron chi connectivity index (χ0n) is 7.69. The average Bonchev–Trinajstić information content (AvgIpc) is 2.42. The highest BCUT2D eigenvalue weighted by molar-refractivity contribution is 7.50. The van der Waals surface area contributed by atoms with E-state index in [1.807, 2.05) is 0 Å². The molecule has 0 aromatic heterocycles. The third-order valence-electron chi connectivity index (χ3n) is 2.80. The summed E-state index contributed by atoms with van der Waals surface area (Å²) in [5.74, 6) is -4.19. The van der Waals surface area contributed by atoms with Crippen LogP contribution >= 0.6 is 7.82 Å². The molecule has 2 bridgehead atoms. The molecule has 9 heteroatoms. The van der Waals surface area contributed by atoms with Gasteiger partial charge < -0.3 is 20.7 Å². The quantitative estimate of drug-likeness (QED) is 0.442. The molecule has 4 atom stereocenters. The molecular formula is C6H10NO7P. The van der Waals surface area contributed by atoms with E-state index in [4.69, 9.17) is 19.5 Å². The van der Waals surface area contributed by atoms with Gasteiger partial charge in [0.25, 0.3) is 5.79 Å². The fourth-order valence-electron chi connectivity index (χ4n) is 1.98. The van der Waals surface area contributed by atoms with E-state index >= 15 is 0 Å². The third-order valence-corrected chi connectivity index (χ3v) is 4.26. The highest BCUT2D eigenvalue weighted by atomic mass is 31.2. The van der Waals surface area contributed by atoms with E-state index in [1.54, 1.807) is 0 Å². The summed E-state index contributed by atoms with van der Waals surface area (Å²) in [5, 5.41) is 19.5. The largest absolute Gasteiger partial charge is 0.485 e. The van der Waals surface area contributed by atoms with Crippen LogP contribution in [-0.2, 0) is 22.9 Å². The smallest absolute Gasteiger partial charge is 0.389 e. The van der Waals surface area contributed by atoms with Crippen molar-refractivity contribution in [1.29, 1.82) is 0 Å². The van der Waals surface area contributed by atoms with Gasteiger partial charge in [-0.15, -0.1) is 0 Å². The first-order valence-corrected chi connectivity index (χ1v) is 5.84. The molecule has 4 aliphatic rings.